The SMILES string of the molecule is COC(=O)[C@H](CC(C)C)NC(=O)NCCCOc1c2cc(C(C)(C)C)cc1Cc1cc(C(C)(C)C)cc(c1O)Cc1cc(C(C)(C)C)cc(c1OCCCNC(=O)N[C@@H](CC(C)C)C(=O)OC)Cc1cc(C(C)(C)C)cc(c1O)C2. The lowest BCUT2D eigenvalue weighted by molar-refractivity contribution is -0.144. The van der Waals surface area contributed by atoms with Gasteiger partial charge in [-0.1, -0.05) is 159 Å². The van der Waals surface area contributed by atoms with Gasteiger partial charge < -0.3 is 50.4 Å². The zero-order valence-electron chi connectivity index (χ0n) is 51.6. The van der Waals surface area contributed by atoms with Crippen LogP contribution in [0, 0.1) is 11.8 Å². The standard InChI is InChI=1S/C66H96N4O10/c1-39(2)25-53(59(73)77-17)69-61(75)67-21-19-23-79-57-45-27-41-31-49(63(5,6)7)33-43(55(41)71)29-47-37-52(66(14,15)16)38-48(58(47)80-24-20-22-68-62(76)70-54(26-40(3)4)60(74)78-18)30-44-34-50(64(8,9)10)32-42(56(44)72)28-46(57)36-51(35-45)65(11,12)13/h31-40,53-54,71-72H,19-30H2,1-18H3,(H2,67,69,75)(H2,68,70,76)/t53-,54-/m0/s1. The van der Waals surface area contributed by atoms with E-state index in [1.165, 1.54) is 14.2 Å². The number of carbonyl (C=O) groups excluding carboxylic acids is 4. The summed E-state index contributed by atoms with van der Waals surface area (Å²) in [5.41, 5.74) is 9.57. The number of esters is 2. The van der Waals surface area contributed by atoms with Gasteiger partial charge in [-0.2, -0.15) is 0 Å². The van der Waals surface area contributed by atoms with Crippen LogP contribution in [0.25, 0.3) is 0 Å². The van der Waals surface area contributed by atoms with E-state index in [0.717, 1.165) is 66.8 Å². The third kappa shape index (κ3) is 17.8. The molecule has 0 saturated heterocycles. The molecule has 0 spiro atoms. The minimum Gasteiger partial charge on any atom is -0.507 e. The lowest BCUT2D eigenvalue weighted by Crippen LogP contribution is -2.47. The number of carbonyl (C=O) groups is 4. The monoisotopic (exact) mass is 1100 g/mol. The maximum atomic E-state index is 13.1. The van der Waals surface area contributed by atoms with Gasteiger partial charge in [-0.3, -0.25) is 0 Å². The molecular formula is C66H96N4O10. The highest BCUT2D eigenvalue weighted by Gasteiger charge is 2.30. The molecule has 5 rings (SSSR count). The van der Waals surface area contributed by atoms with Crippen LogP contribution in [0.1, 0.15) is 203 Å². The van der Waals surface area contributed by atoms with Crippen molar-refractivity contribution in [2.75, 3.05) is 40.5 Å². The molecule has 4 aromatic carbocycles. The smallest absolute Gasteiger partial charge is 0.328 e. The summed E-state index contributed by atoms with van der Waals surface area (Å²) in [4.78, 5) is 51.1. The highest BCUT2D eigenvalue weighted by atomic mass is 16.5. The van der Waals surface area contributed by atoms with Gasteiger partial charge in [-0.25, -0.2) is 19.2 Å². The van der Waals surface area contributed by atoms with Gasteiger partial charge in [-0.15, -0.1) is 0 Å². The van der Waals surface area contributed by atoms with Gasteiger partial charge in [0, 0.05) is 38.8 Å². The highest BCUT2D eigenvalue weighted by Crippen LogP contribution is 2.44. The number of urea groups is 2. The van der Waals surface area contributed by atoms with Crippen molar-refractivity contribution in [3.8, 4) is 23.0 Å². The van der Waals surface area contributed by atoms with E-state index in [1.807, 2.05) is 27.7 Å². The second kappa shape index (κ2) is 26.9. The van der Waals surface area contributed by atoms with E-state index in [9.17, 15) is 29.4 Å². The summed E-state index contributed by atoms with van der Waals surface area (Å²) in [6.45, 7) is 35.1. The number of hydrogen-bond acceptors (Lipinski definition) is 10. The van der Waals surface area contributed by atoms with Crippen LogP contribution in [0.4, 0.5) is 9.59 Å². The first-order valence-corrected chi connectivity index (χ1v) is 28.7. The largest absolute Gasteiger partial charge is 0.507 e. The third-order valence-electron chi connectivity index (χ3n) is 14.7. The summed E-state index contributed by atoms with van der Waals surface area (Å²) in [7, 11) is 2.62. The molecule has 0 radical (unpaired) electrons. The Morgan fingerprint density at radius 1 is 0.450 bits per heavy atom. The molecule has 0 aromatic heterocycles. The average molecular weight is 1110 g/mol. The summed E-state index contributed by atoms with van der Waals surface area (Å²) in [5, 5.41) is 36.8. The van der Waals surface area contributed by atoms with E-state index in [1.54, 1.807) is 0 Å². The number of methoxy groups -OCH3 is 2. The van der Waals surface area contributed by atoms with Crippen molar-refractivity contribution in [2.45, 2.75) is 196 Å². The molecule has 0 saturated carbocycles. The Morgan fingerprint density at radius 2 is 0.700 bits per heavy atom. The second-order valence-electron chi connectivity index (χ2n) is 26.9. The van der Waals surface area contributed by atoms with Crippen molar-refractivity contribution in [2.24, 2.45) is 11.8 Å². The molecule has 0 unspecified atom stereocenters. The lowest BCUT2D eigenvalue weighted by atomic mass is 9.79. The maximum absolute atomic E-state index is 13.1. The van der Waals surface area contributed by atoms with Crippen molar-refractivity contribution >= 4 is 24.0 Å². The van der Waals surface area contributed by atoms with Gasteiger partial charge in [0.05, 0.1) is 27.4 Å². The minimum absolute atomic E-state index is 0.159. The quantitative estimate of drug-likeness (QED) is 0.0363. The first-order chi connectivity index (χ1) is 37.2. The van der Waals surface area contributed by atoms with Gasteiger partial charge in [0.1, 0.15) is 35.1 Å². The van der Waals surface area contributed by atoms with E-state index >= 15 is 0 Å². The summed E-state index contributed by atoms with van der Waals surface area (Å²) < 4.78 is 23.7. The normalized spacial score (nSPS) is 13.8. The number of phenols is 2. The van der Waals surface area contributed by atoms with Crippen molar-refractivity contribution in [3.63, 3.8) is 0 Å². The molecule has 440 valence electrons. The van der Waals surface area contributed by atoms with Gasteiger partial charge >= 0.3 is 24.0 Å². The fourth-order valence-electron chi connectivity index (χ4n) is 9.99. The van der Waals surface area contributed by atoms with Gasteiger partial charge in [0.25, 0.3) is 0 Å². The zero-order chi connectivity index (χ0) is 59.7. The average Bonchev–Trinajstić information content (AvgIpc) is 3.37. The number of aromatic hydroxyl groups is 2. The number of rotatable bonds is 18. The number of fused-ring (bicyclic) bond motifs is 8. The van der Waals surface area contributed by atoms with Crippen LogP contribution in [-0.4, -0.2) is 86.8 Å². The van der Waals surface area contributed by atoms with Crippen LogP contribution in [0.15, 0.2) is 48.5 Å². The molecule has 2 atom stereocenters. The summed E-state index contributed by atoms with van der Waals surface area (Å²) in [5.74, 6) is 0.999. The van der Waals surface area contributed by atoms with Gasteiger partial charge in [-0.05, 0) is 126 Å². The number of nitrogens with one attached hydrogen (secondary N) is 4. The van der Waals surface area contributed by atoms with Crippen molar-refractivity contribution in [3.05, 3.63) is 115 Å². The van der Waals surface area contributed by atoms with Crippen LogP contribution in [0.5, 0.6) is 23.0 Å². The van der Waals surface area contributed by atoms with Crippen molar-refractivity contribution in [1.82, 2.24) is 21.3 Å². The number of benzene rings is 4. The molecule has 6 N–H and O–H groups in total. The molecule has 14 heteroatoms. The predicted octanol–water partition coefficient (Wildman–Crippen LogP) is 12.3. The van der Waals surface area contributed by atoms with Crippen molar-refractivity contribution in [1.29, 1.82) is 0 Å². The Bertz CT molecular complexity index is 2540. The maximum Gasteiger partial charge on any atom is 0.328 e. The van der Waals surface area contributed by atoms with Gasteiger partial charge in [0.2, 0.25) is 0 Å². The summed E-state index contributed by atoms with van der Waals surface area (Å²) in [6, 6.07) is 14.7. The second-order valence-corrected chi connectivity index (χ2v) is 26.9. The fourth-order valence-corrected chi connectivity index (χ4v) is 9.99. The number of ether oxygens (including phenoxy) is 4. The Labute approximate surface area is 478 Å². The number of hydrogen-bond donors (Lipinski definition) is 6. The molecule has 0 aliphatic heterocycles. The number of phenolic OH excluding ortho intramolecular Hbond substituents is 2. The summed E-state index contributed by atoms with van der Waals surface area (Å²) >= 11 is 0. The molecule has 4 aromatic rings. The van der Waals surface area contributed by atoms with E-state index in [-0.39, 0.29) is 71.3 Å². The molecule has 1 aliphatic rings. The first-order valence-electron chi connectivity index (χ1n) is 28.7. The molecule has 1 aliphatic carbocycles. The van der Waals surface area contributed by atoms with Crippen molar-refractivity contribution < 1.29 is 48.3 Å². The molecule has 4 amide bonds. The number of amides is 4. The Balaban J connectivity index is 1.67. The Hall–Kier alpha value is -6.44. The van der Waals surface area contributed by atoms with Crippen LogP contribution in [-0.2, 0) is 66.4 Å². The highest BCUT2D eigenvalue weighted by molar-refractivity contribution is 5.84. The Kier molecular flexibility index (Phi) is 21.6. The van der Waals surface area contributed by atoms with Crippen LogP contribution in [0.3, 0.4) is 0 Å². The predicted molar refractivity (Wildman–Crippen MR) is 319 cm³/mol. The zero-order valence-corrected chi connectivity index (χ0v) is 51.6. The van der Waals surface area contributed by atoms with Gasteiger partial charge in [0.15, 0.2) is 0 Å². The van der Waals surface area contributed by atoms with Crippen LogP contribution in [0.2, 0.25) is 0 Å². The lowest BCUT2D eigenvalue weighted by Gasteiger charge is -2.28. The first kappa shape index (κ1) is 64.4. The summed E-state index contributed by atoms with van der Waals surface area (Å²) in [6.07, 6.45) is 3.09. The molecule has 8 bridgehead atoms. The Morgan fingerprint density at radius 3 is 0.925 bits per heavy atom. The molecule has 0 fully saturated rings. The van der Waals surface area contributed by atoms with E-state index in [4.69, 9.17) is 18.9 Å². The molecule has 14 nitrogen and oxygen atoms in total. The van der Waals surface area contributed by atoms with E-state index in [0.29, 0.717) is 62.9 Å². The topological polar surface area (TPSA) is 194 Å². The molecule has 0 heterocycles. The fraction of sp³-hybridized carbons (Fsp3) is 0.576. The van der Waals surface area contributed by atoms with Crippen LogP contribution >= 0.6 is 0 Å². The molecule has 80 heavy (non-hydrogen) atoms. The van der Waals surface area contributed by atoms with Crippen LogP contribution < -0.4 is 30.7 Å². The third-order valence-corrected chi connectivity index (χ3v) is 14.7. The van der Waals surface area contributed by atoms with E-state index < -0.39 is 36.1 Å². The molecular weight excluding hydrogens is 1010 g/mol. The van der Waals surface area contributed by atoms with E-state index in [2.05, 4.69) is 153 Å². The minimum atomic E-state index is -0.772.